The SMILES string of the molecule is CC(=O)N1CCOC(c2ccnc(Nc3nc4ccc(N(C)c5ccc(C)cc5)nc4s3)c2)C1. The zero-order valence-corrected chi connectivity index (χ0v) is 20.2. The predicted octanol–water partition coefficient (Wildman–Crippen LogP) is 4.83. The van der Waals surface area contributed by atoms with Crippen LogP contribution in [0.1, 0.15) is 24.2 Å². The van der Waals surface area contributed by atoms with Gasteiger partial charge in [-0.15, -0.1) is 0 Å². The second-order valence-electron chi connectivity index (χ2n) is 8.33. The number of nitrogens with one attached hydrogen (secondary N) is 1. The lowest BCUT2D eigenvalue weighted by Gasteiger charge is -2.32. The number of pyridine rings is 2. The molecule has 4 aromatic rings. The zero-order chi connectivity index (χ0) is 23.7. The fraction of sp³-hybridized carbons (Fsp3) is 0.280. The van der Waals surface area contributed by atoms with Crippen LogP contribution >= 0.6 is 11.3 Å². The number of thiazole rings is 1. The van der Waals surface area contributed by atoms with Crippen LogP contribution in [0.2, 0.25) is 0 Å². The molecule has 8 nitrogen and oxygen atoms in total. The van der Waals surface area contributed by atoms with Crippen molar-refractivity contribution >= 4 is 50.0 Å². The van der Waals surface area contributed by atoms with E-state index in [1.165, 1.54) is 16.9 Å². The highest BCUT2D eigenvalue weighted by atomic mass is 32.1. The first-order chi connectivity index (χ1) is 16.5. The Morgan fingerprint density at radius 1 is 1.18 bits per heavy atom. The molecule has 1 aliphatic heterocycles. The minimum Gasteiger partial charge on any atom is -0.370 e. The summed E-state index contributed by atoms with van der Waals surface area (Å²) in [6.07, 6.45) is 1.58. The molecule has 1 fully saturated rings. The molecule has 0 bridgehead atoms. The number of aromatic nitrogens is 3. The first-order valence-corrected chi connectivity index (χ1v) is 12.0. The summed E-state index contributed by atoms with van der Waals surface area (Å²) in [6.45, 7) is 5.36. The molecule has 0 spiro atoms. The lowest BCUT2D eigenvalue weighted by Crippen LogP contribution is -2.41. The minimum atomic E-state index is -0.168. The first-order valence-electron chi connectivity index (χ1n) is 11.1. The summed E-state index contributed by atoms with van der Waals surface area (Å²) in [4.78, 5) is 30.4. The van der Waals surface area contributed by atoms with E-state index in [1.54, 1.807) is 13.1 Å². The number of amides is 1. The van der Waals surface area contributed by atoms with Gasteiger partial charge in [-0.2, -0.15) is 0 Å². The zero-order valence-electron chi connectivity index (χ0n) is 19.4. The van der Waals surface area contributed by atoms with E-state index in [-0.39, 0.29) is 12.0 Å². The molecule has 1 unspecified atom stereocenters. The Kier molecular flexibility index (Phi) is 6.12. The molecule has 0 aliphatic carbocycles. The van der Waals surface area contributed by atoms with Crippen molar-refractivity contribution in [3.05, 3.63) is 65.9 Å². The first kappa shape index (κ1) is 22.2. The topological polar surface area (TPSA) is 83.5 Å². The summed E-state index contributed by atoms with van der Waals surface area (Å²) in [6, 6.07) is 16.2. The highest BCUT2D eigenvalue weighted by Gasteiger charge is 2.24. The van der Waals surface area contributed by atoms with Crippen LogP contribution in [-0.2, 0) is 9.53 Å². The lowest BCUT2D eigenvalue weighted by molar-refractivity contribution is -0.136. The molecular formula is C25H26N6O2S. The van der Waals surface area contributed by atoms with Crippen LogP contribution in [0.5, 0.6) is 0 Å². The molecule has 3 aromatic heterocycles. The third-order valence-electron chi connectivity index (χ3n) is 5.91. The van der Waals surface area contributed by atoms with Gasteiger partial charge < -0.3 is 19.9 Å². The number of ether oxygens (including phenoxy) is 1. The fourth-order valence-corrected chi connectivity index (χ4v) is 4.75. The van der Waals surface area contributed by atoms with Crippen LogP contribution in [0.4, 0.5) is 22.5 Å². The molecule has 1 aromatic carbocycles. The second-order valence-corrected chi connectivity index (χ2v) is 9.31. The quantitative estimate of drug-likeness (QED) is 0.444. The third-order valence-corrected chi connectivity index (χ3v) is 6.79. The molecule has 9 heteroatoms. The standard InChI is InChI=1S/C25H26N6O2S/c1-16-4-6-19(7-5-16)30(3)23-9-8-20-24(29-23)34-25(27-20)28-22-14-18(10-11-26-22)21-15-31(17(2)32)12-13-33-21/h4-11,14,21H,12-13,15H2,1-3H3,(H,26,27,28). The number of rotatable bonds is 5. The van der Waals surface area contributed by atoms with E-state index in [1.807, 2.05) is 36.2 Å². The van der Waals surface area contributed by atoms with Gasteiger partial charge in [0.2, 0.25) is 5.91 Å². The summed E-state index contributed by atoms with van der Waals surface area (Å²) in [5.74, 6) is 1.60. The third kappa shape index (κ3) is 4.71. The molecule has 1 amide bonds. The van der Waals surface area contributed by atoms with Gasteiger partial charge in [0.15, 0.2) is 5.13 Å². The maximum Gasteiger partial charge on any atom is 0.219 e. The van der Waals surface area contributed by atoms with Gasteiger partial charge in [-0.25, -0.2) is 15.0 Å². The van der Waals surface area contributed by atoms with Crippen LogP contribution in [0, 0.1) is 6.92 Å². The number of carbonyl (C=O) groups excluding carboxylic acids is 1. The molecule has 5 rings (SSSR count). The van der Waals surface area contributed by atoms with Gasteiger partial charge in [-0.1, -0.05) is 29.0 Å². The van der Waals surface area contributed by atoms with Gasteiger partial charge >= 0.3 is 0 Å². The van der Waals surface area contributed by atoms with Crippen LogP contribution in [0.3, 0.4) is 0 Å². The minimum absolute atomic E-state index is 0.0649. The molecule has 1 saturated heterocycles. The van der Waals surface area contributed by atoms with Gasteiger partial charge in [-0.05, 0) is 48.9 Å². The number of hydrogen-bond acceptors (Lipinski definition) is 8. The van der Waals surface area contributed by atoms with Gasteiger partial charge in [0, 0.05) is 32.4 Å². The number of anilines is 4. The molecule has 174 valence electrons. The van der Waals surface area contributed by atoms with E-state index in [4.69, 9.17) is 9.72 Å². The maximum absolute atomic E-state index is 11.8. The Balaban J connectivity index is 1.34. The molecular weight excluding hydrogens is 448 g/mol. The smallest absolute Gasteiger partial charge is 0.219 e. The lowest BCUT2D eigenvalue weighted by atomic mass is 10.1. The summed E-state index contributed by atoms with van der Waals surface area (Å²) < 4.78 is 5.90. The Hall–Kier alpha value is -3.56. The highest BCUT2D eigenvalue weighted by molar-refractivity contribution is 7.21. The van der Waals surface area contributed by atoms with Crippen LogP contribution < -0.4 is 10.2 Å². The molecule has 34 heavy (non-hydrogen) atoms. The highest BCUT2D eigenvalue weighted by Crippen LogP contribution is 2.31. The Morgan fingerprint density at radius 3 is 2.79 bits per heavy atom. The summed E-state index contributed by atoms with van der Waals surface area (Å²) in [5.41, 5.74) is 4.11. The van der Waals surface area contributed by atoms with Crippen molar-refractivity contribution < 1.29 is 9.53 Å². The number of benzene rings is 1. The normalized spacial score (nSPS) is 16.0. The number of carbonyl (C=O) groups is 1. The van der Waals surface area contributed by atoms with E-state index < -0.39 is 0 Å². The molecule has 0 radical (unpaired) electrons. The van der Waals surface area contributed by atoms with Gasteiger partial charge in [0.05, 0.1) is 13.2 Å². The van der Waals surface area contributed by atoms with Crippen molar-refractivity contribution in [3.8, 4) is 0 Å². The Bertz CT molecular complexity index is 1320. The van der Waals surface area contributed by atoms with Crippen LogP contribution in [0.15, 0.2) is 54.7 Å². The maximum atomic E-state index is 11.8. The summed E-state index contributed by atoms with van der Waals surface area (Å²) in [5, 5.41) is 4.02. The van der Waals surface area contributed by atoms with Crippen molar-refractivity contribution in [1.29, 1.82) is 0 Å². The van der Waals surface area contributed by atoms with Crippen LogP contribution in [0.25, 0.3) is 10.3 Å². The molecule has 1 atom stereocenters. The van der Waals surface area contributed by atoms with E-state index in [9.17, 15) is 4.79 Å². The molecule has 1 aliphatic rings. The number of nitrogens with zero attached hydrogens (tertiary/aromatic N) is 5. The fourth-order valence-electron chi connectivity index (χ4n) is 3.91. The number of morpholine rings is 1. The van der Waals surface area contributed by atoms with Crippen molar-refractivity contribution in [2.75, 3.05) is 37.0 Å². The molecule has 1 N–H and O–H groups in total. The van der Waals surface area contributed by atoms with Crippen molar-refractivity contribution in [3.63, 3.8) is 0 Å². The van der Waals surface area contributed by atoms with E-state index in [2.05, 4.69) is 51.4 Å². The van der Waals surface area contributed by atoms with Crippen molar-refractivity contribution in [2.24, 2.45) is 0 Å². The molecule has 4 heterocycles. The van der Waals surface area contributed by atoms with Crippen molar-refractivity contribution in [2.45, 2.75) is 20.0 Å². The van der Waals surface area contributed by atoms with Crippen molar-refractivity contribution in [1.82, 2.24) is 19.9 Å². The van der Waals surface area contributed by atoms with Gasteiger partial charge in [0.1, 0.15) is 28.1 Å². The Morgan fingerprint density at radius 2 is 2.00 bits per heavy atom. The largest absolute Gasteiger partial charge is 0.370 e. The number of hydrogen-bond donors (Lipinski definition) is 1. The van der Waals surface area contributed by atoms with Gasteiger partial charge in [0.25, 0.3) is 0 Å². The van der Waals surface area contributed by atoms with E-state index >= 15 is 0 Å². The summed E-state index contributed by atoms with van der Waals surface area (Å²) in [7, 11) is 2.01. The second kappa shape index (κ2) is 9.36. The predicted molar refractivity (Wildman–Crippen MR) is 135 cm³/mol. The number of fused-ring (bicyclic) bond motifs is 1. The average molecular weight is 475 g/mol. The monoisotopic (exact) mass is 474 g/mol. The number of aryl methyl sites for hydroxylation is 1. The van der Waals surface area contributed by atoms with E-state index in [0.717, 1.165) is 32.5 Å². The average Bonchev–Trinajstić information content (AvgIpc) is 3.25. The van der Waals surface area contributed by atoms with Gasteiger partial charge in [-0.3, -0.25) is 4.79 Å². The Labute approximate surface area is 202 Å². The van der Waals surface area contributed by atoms with E-state index in [0.29, 0.717) is 25.5 Å². The molecule has 0 saturated carbocycles. The van der Waals surface area contributed by atoms with Crippen LogP contribution in [-0.4, -0.2) is 52.5 Å². The summed E-state index contributed by atoms with van der Waals surface area (Å²) >= 11 is 1.48.